The molecule has 2 rings (SSSR count). The molecule has 2 aromatic rings. The number of carbonyl (C=O) groups is 1. The first-order chi connectivity index (χ1) is 8.20. The molecule has 0 aliphatic rings. The van der Waals surface area contributed by atoms with E-state index in [1.54, 1.807) is 13.0 Å². The molecular formula is C14H13NaO3. The summed E-state index contributed by atoms with van der Waals surface area (Å²) in [7, 11) is 0. The average molecular weight is 252 g/mol. The van der Waals surface area contributed by atoms with Crippen molar-refractivity contribution in [3.05, 3.63) is 42.5 Å². The van der Waals surface area contributed by atoms with Crippen LogP contribution in [-0.2, 0) is 4.79 Å². The maximum absolute atomic E-state index is 10.8. The summed E-state index contributed by atoms with van der Waals surface area (Å²) in [5, 5.41) is 12.9. The van der Waals surface area contributed by atoms with Gasteiger partial charge in [-0.05, 0) is 29.3 Å². The summed E-state index contributed by atoms with van der Waals surface area (Å²) in [5.74, 6) is -0.625. The average Bonchev–Trinajstić information content (AvgIpc) is 2.35. The molecule has 18 heavy (non-hydrogen) atoms. The summed E-state index contributed by atoms with van der Waals surface area (Å²) in [6.45, 7) is 1.75. The Morgan fingerprint density at radius 1 is 1.22 bits per heavy atom. The van der Waals surface area contributed by atoms with E-state index in [4.69, 9.17) is 4.74 Å². The van der Waals surface area contributed by atoms with Crippen LogP contribution in [0.5, 0.6) is 5.75 Å². The van der Waals surface area contributed by atoms with Crippen LogP contribution in [0.4, 0.5) is 0 Å². The Labute approximate surface area is 128 Å². The number of fused-ring (bicyclic) bond motifs is 1. The summed E-state index contributed by atoms with van der Waals surface area (Å²) < 4.78 is 5.37. The van der Waals surface area contributed by atoms with Crippen LogP contribution in [-0.4, -0.2) is 12.1 Å². The van der Waals surface area contributed by atoms with Gasteiger partial charge in [-0.2, -0.15) is 0 Å². The number of rotatable bonds is 4. The Morgan fingerprint density at radius 2 is 1.89 bits per heavy atom. The number of benzene rings is 2. The first kappa shape index (κ1) is 15.0. The summed E-state index contributed by atoms with van der Waals surface area (Å²) in [6, 6.07) is 13.4. The zero-order valence-corrected chi connectivity index (χ0v) is 12.6. The van der Waals surface area contributed by atoms with Gasteiger partial charge in [0.1, 0.15) is 11.9 Å². The molecule has 0 unspecified atom stereocenters. The monoisotopic (exact) mass is 252 g/mol. The molecule has 0 radical (unpaired) electrons. The quantitative estimate of drug-likeness (QED) is 0.639. The molecule has 0 spiro atoms. The van der Waals surface area contributed by atoms with Crippen molar-refractivity contribution in [2.24, 2.45) is 0 Å². The van der Waals surface area contributed by atoms with E-state index in [0.29, 0.717) is 12.2 Å². The molecule has 0 fully saturated rings. The van der Waals surface area contributed by atoms with Crippen LogP contribution in [0, 0.1) is 0 Å². The van der Waals surface area contributed by atoms with Gasteiger partial charge in [0.2, 0.25) is 0 Å². The van der Waals surface area contributed by atoms with E-state index in [0.717, 1.165) is 10.8 Å². The van der Waals surface area contributed by atoms with Gasteiger partial charge in [0.15, 0.2) is 0 Å². The third-order valence-corrected chi connectivity index (χ3v) is 2.63. The fourth-order valence-corrected chi connectivity index (χ4v) is 1.70. The number of aliphatic carboxylic acids is 1. The van der Waals surface area contributed by atoms with Gasteiger partial charge in [0.25, 0.3) is 0 Å². The second kappa shape index (κ2) is 6.78. The maximum atomic E-state index is 10.8. The zero-order valence-electron chi connectivity index (χ0n) is 10.6. The van der Waals surface area contributed by atoms with Gasteiger partial charge in [0.05, 0.1) is 5.97 Å². The minimum absolute atomic E-state index is 0. The first-order valence-corrected chi connectivity index (χ1v) is 5.57. The van der Waals surface area contributed by atoms with Gasteiger partial charge in [-0.15, -0.1) is 0 Å². The molecule has 2 aromatic carbocycles. The number of carboxylic acid groups (broad SMARTS) is 1. The van der Waals surface area contributed by atoms with E-state index in [2.05, 4.69) is 0 Å². The molecule has 1 atom stereocenters. The topological polar surface area (TPSA) is 49.4 Å². The normalized spacial score (nSPS) is 11.6. The smallest absolute Gasteiger partial charge is 0.546 e. The number of hydrogen-bond acceptors (Lipinski definition) is 3. The molecule has 0 bridgehead atoms. The van der Waals surface area contributed by atoms with Crippen molar-refractivity contribution in [3.8, 4) is 5.75 Å². The van der Waals surface area contributed by atoms with Crippen LogP contribution in [0.1, 0.15) is 13.3 Å². The van der Waals surface area contributed by atoms with Crippen LogP contribution in [0.2, 0.25) is 0 Å². The molecular weight excluding hydrogens is 239 g/mol. The standard InChI is InChI=1S/C14H14O3.Na/c1-2-13(14(15)16)17-12-8-7-10-5-3-4-6-11(10)9-12;/h3-9,13H,2H2,1H3,(H,15,16);/q;+1/p-1/t13-;/m0./s1. The third kappa shape index (κ3) is 3.48. The van der Waals surface area contributed by atoms with Crippen LogP contribution in [0.25, 0.3) is 10.8 Å². The maximum Gasteiger partial charge on any atom is 1.00 e. The number of carbonyl (C=O) groups excluding carboxylic acids is 1. The van der Waals surface area contributed by atoms with E-state index < -0.39 is 12.1 Å². The minimum Gasteiger partial charge on any atom is -0.546 e. The largest absolute Gasteiger partial charge is 1.00 e. The van der Waals surface area contributed by atoms with E-state index in [1.165, 1.54) is 0 Å². The van der Waals surface area contributed by atoms with E-state index in [9.17, 15) is 9.90 Å². The van der Waals surface area contributed by atoms with Crippen molar-refractivity contribution in [1.82, 2.24) is 0 Å². The molecule has 0 heterocycles. The van der Waals surface area contributed by atoms with Crippen molar-refractivity contribution in [2.75, 3.05) is 0 Å². The third-order valence-electron chi connectivity index (χ3n) is 2.63. The summed E-state index contributed by atoms with van der Waals surface area (Å²) in [6.07, 6.45) is -0.508. The second-order valence-corrected chi connectivity index (χ2v) is 3.84. The Balaban J connectivity index is 0.00000162. The van der Waals surface area contributed by atoms with Crippen molar-refractivity contribution in [3.63, 3.8) is 0 Å². The molecule has 0 amide bonds. The Hall–Kier alpha value is -1.03. The van der Waals surface area contributed by atoms with E-state index >= 15 is 0 Å². The van der Waals surface area contributed by atoms with Gasteiger partial charge in [0, 0.05) is 0 Å². The van der Waals surface area contributed by atoms with Gasteiger partial charge in [-0.25, -0.2) is 0 Å². The second-order valence-electron chi connectivity index (χ2n) is 3.84. The van der Waals surface area contributed by atoms with Crippen LogP contribution in [0.3, 0.4) is 0 Å². The zero-order chi connectivity index (χ0) is 12.3. The van der Waals surface area contributed by atoms with Crippen molar-refractivity contribution in [2.45, 2.75) is 19.4 Å². The SMILES string of the molecule is CC[C@H](Oc1ccc2ccccc2c1)C(=O)[O-].[Na+]. The first-order valence-electron chi connectivity index (χ1n) is 5.57. The minimum atomic E-state index is -1.18. The Kier molecular flexibility index (Phi) is 5.66. The van der Waals surface area contributed by atoms with Gasteiger partial charge < -0.3 is 14.6 Å². The van der Waals surface area contributed by atoms with Crippen molar-refractivity contribution < 1.29 is 44.2 Å². The molecule has 0 N–H and O–H groups in total. The predicted octanol–water partition coefficient (Wildman–Crippen LogP) is -1.25. The van der Waals surface area contributed by atoms with Crippen LogP contribution < -0.4 is 39.4 Å². The van der Waals surface area contributed by atoms with Crippen LogP contribution in [0.15, 0.2) is 42.5 Å². The fraction of sp³-hybridized carbons (Fsp3) is 0.214. The molecule has 3 nitrogen and oxygen atoms in total. The summed E-state index contributed by atoms with van der Waals surface area (Å²) >= 11 is 0. The Bertz CT molecular complexity index is 539. The van der Waals surface area contributed by atoms with Crippen molar-refractivity contribution >= 4 is 16.7 Å². The van der Waals surface area contributed by atoms with E-state index in [1.807, 2.05) is 36.4 Å². The summed E-state index contributed by atoms with van der Waals surface area (Å²) in [4.78, 5) is 10.8. The number of ether oxygens (including phenoxy) is 1. The van der Waals surface area contributed by atoms with Gasteiger partial charge >= 0.3 is 29.6 Å². The molecule has 0 aliphatic heterocycles. The number of carboxylic acids is 1. The molecule has 0 saturated carbocycles. The molecule has 4 heteroatoms. The molecule has 88 valence electrons. The number of hydrogen-bond donors (Lipinski definition) is 0. The molecule has 0 saturated heterocycles. The Morgan fingerprint density at radius 3 is 2.50 bits per heavy atom. The van der Waals surface area contributed by atoms with Crippen LogP contribution >= 0.6 is 0 Å². The van der Waals surface area contributed by atoms with Gasteiger partial charge in [-0.1, -0.05) is 37.3 Å². The molecule has 0 aliphatic carbocycles. The molecule has 0 aromatic heterocycles. The van der Waals surface area contributed by atoms with Crippen molar-refractivity contribution in [1.29, 1.82) is 0 Å². The van der Waals surface area contributed by atoms with Gasteiger partial charge in [-0.3, -0.25) is 0 Å². The predicted molar refractivity (Wildman–Crippen MR) is 63.7 cm³/mol. The van der Waals surface area contributed by atoms with E-state index in [-0.39, 0.29) is 29.6 Å². The summed E-state index contributed by atoms with van der Waals surface area (Å²) in [5.41, 5.74) is 0. The fourth-order valence-electron chi connectivity index (χ4n) is 1.70.